The van der Waals surface area contributed by atoms with Crippen LogP contribution in [0.25, 0.3) is 11.4 Å². The molecule has 0 radical (unpaired) electrons. The number of hydrogen-bond acceptors (Lipinski definition) is 8. The van der Waals surface area contributed by atoms with E-state index >= 15 is 0 Å². The minimum absolute atomic E-state index is 0.173. The zero-order chi connectivity index (χ0) is 23.5. The van der Waals surface area contributed by atoms with Gasteiger partial charge in [0.15, 0.2) is 11.0 Å². The van der Waals surface area contributed by atoms with Gasteiger partial charge in [-0.2, -0.15) is 0 Å². The molecule has 10 heteroatoms. The molecule has 1 atom stereocenters. The number of carbonyl (C=O) groups excluding carboxylic acids is 2. The number of amides is 1. The van der Waals surface area contributed by atoms with Gasteiger partial charge in [-0.25, -0.2) is 4.79 Å². The van der Waals surface area contributed by atoms with Crippen LogP contribution in [0.2, 0.25) is 0 Å². The number of esters is 1. The topological polar surface area (TPSA) is 86.1 Å². The van der Waals surface area contributed by atoms with Crippen LogP contribution < -0.4 is 5.32 Å². The number of aromatic nitrogens is 3. The number of fused-ring (bicyclic) bond motifs is 1. The molecular weight excluding hydrogens is 476 g/mol. The van der Waals surface area contributed by atoms with Gasteiger partial charge in [0.25, 0.3) is 0 Å². The first kappa shape index (κ1) is 24.0. The van der Waals surface area contributed by atoms with Crippen LogP contribution in [0.1, 0.15) is 52.9 Å². The Hall–Kier alpha value is -2.17. The first-order chi connectivity index (χ1) is 15.9. The van der Waals surface area contributed by atoms with E-state index in [1.165, 1.54) is 40.0 Å². The lowest BCUT2D eigenvalue weighted by atomic mass is 9.88. The van der Waals surface area contributed by atoms with E-state index in [0.717, 1.165) is 41.4 Å². The first-order valence-electron chi connectivity index (χ1n) is 11.1. The summed E-state index contributed by atoms with van der Waals surface area (Å²) in [5.41, 5.74) is 2.98. The molecule has 1 amide bonds. The predicted octanol–water partition coefficient (Wildman–Crippen LogP) is 5.20. The average molecular weight is 505 g/mol. The van der Waals surface area contributed by atoms with Gasteiger partial charge in [-0.3, -0.25) is 4.79 Å². The van der Waals surface area contributed by atoms with Crippen molar-refractivity contribution in [1.82, 2.24) is 14.8 Å². The Kier molecular flexibility index (Phi) is 7.55. The number of thioether (sulfide) groups is 1. The molecule has 4 rings (SSSR count). The van der Waals surface area contributed by atoms with E-state index in [-0.39, 0.29) is 11.7 Å². The number of nitrogens with one attached hydrogen (secondary N) is 1. The molecule has 1 aliphatic carbocycles. The summed E-state index contributed by atoms with van der Waals surface area (Å²) < 4.78 is 7.09. The maximum atomic E-state index is 12.7. The second-order valence-corrected chi connectivity index (χ2v) is 11.2. The second-order valence-electron chi connectivity index (χ2n) is 8.13. The normalized spacial score (nSPS) is 15.3. The Balaban J connectivity index is 1.43. The number of rotatable bonds is 8. The maximum Gasteiger partial charge on any atom is 0.341 e. The van der Waals surface area contributed by atoms with Crippen LogP contribution in [0, 0.1) is 5.92 Å². The molecular formula is C23H28N4O3S3. The van der Waals surface area contributed by atoms with Gasteiger partial charge in [-0.1, -0.05) is 25.6 Å². The Labute approximate surface area is 206 Å². The Morgan fingerprint density at radius 3 is 2.91 bits per heavy atom. The van der Waals surface area contributed by atoms with Gasteiger partial charge in [0.1, 0.15) is 5.00 Å². The van der Waals surface area contributed by atoms with E-state index in [1.807, 2.05) is 29.9 Å². The van der Waals surface area contributed by atoms with Crippen LogP contribution >= 0.6 is 34.4 Å². The molecule has 1 aliphatic rings. The summed E-state index contributed by atoms with van der Waals surface area (Å²) >= 11 is 4.56. The van der Waals surface area contributed by atoms with Crippen molar-refractivity contribution >= 4 is 51.3 Å². The number of anilines is 1. The fourth-order valence-corrected chi connectivity index (χ4v) is 6.86. The monoisotopic (exact) mass is 504 g/mol. The van der Waals surface area contributed by atoms with Gasteiger partial charge in [-0.05, 0) is 50.2 Å². The molecule has 3 aromatic rings. The van der Waals surface area contributed by atoms with Gasteiger partial charge in [0.05, 0.1) is 17.9 Å². The molecule has 0 saturated heterocycles. The summed E-state index contributed by atoms with van der Waals surface area (Å²) in [4.78, 5) is 27.4. The highest BCUT2D eigenvalue weighted by Crippen LogP contribution is 2.38. The molecule has 7 nitrogen and oxygen atoms in total. The highest BCUT2D eigenvalue weighted by Gasteiger charge is 2.24. The lowest BCUT2D eigenvalue weighted by molar-refractivity contribution is -0.113. The molecule has 0 spiro atoms. The lowest BCUT2D eigenvalue weighted by Gasteiger charge is -2.18. The van der Waals surface area contributed by atoms with E-state index in [2.05, 4.69) is 27.8 Å². The Bertz CT molecular complexity index is 1160. The lowest BCUT2D eigenvalue weighted by Crippen LogP contribution is -2.16. The van der Waals surface area contributed by atoms with Crippen LogP contribution in [-0.4, -0.2) is 39.0 Å². The number of nitrogens with zero attached hydrogens (tertiary/aromatic N) is 3. The van der Waals surface area contributed by atoms with Crippen molar-refractivity contribution in [2.45, 2.75) is 51.6 Å². The molecule has 0 aromatic carbocycles. The molecule has 1 N–H and O–H groups in total. The van der Waals surface area contributed by atoms with E-state index in [0.29, 0.717) is 22.3 Å². The Morgan fingerprint density at radius 2 is 2.15 bits per heavy atom. The minimum Gasteiger partial charge on any atom is -0.462 e. The zero-order valence-corrected chi connectivity index (χ0v) is 21.7. The third-order valence-corrected chi connectivity index (χ3v) is 8.96. The number of ether oxygens (including phenoxy) is 1. The van der Waals surface area contributed by atoms with E-state index < -0.39 is 5.97 Å². The molecule has 0 aliphatic heterocycles. The average Bonchev–Trinajstić information content (AvgIpc) is 3.49. The summed E-state index contributed by atoms with van der Waals surface area (Å²) in [7, 11) is 1.94. The molecule has 0 bridgehead atoms. The van der Waals surface area contributed by atoms with Gasteiger partial charge in [0, 0.05) is 27.7 Å². The van der Waals surface area contributed by atoms with Crippen LogP contribution in [0.4, 0.5) is 5.00 Å². The fourth-order valence-electron chi connectivity index (χ4n) is 3.90. The van der Waals surface area contributed by atoms with Crippen LogP contribution in [0.15, 0.2) is 16.6 Å². The summed E-state index contributed by atoms with van der Waals surface area (Å²) in [6, 6.07) is 1.79. The Morgan fingerprint density at radius 1 is 1.33 bits per heavy atom. The van der Waals surface area contributed by atoms with Crippen LogP contribution in [0.5, 0.6) is 0 Å². The summed E-state index contributed by atoms with van der Waals surface area (Å²) in [5.74, 6) is 1.14. The van der Waals surface area contributed by atoms with Gasteiger partial charge < -0.3 is 14.6 Å². The highest BCUT2D eigenvalue weighted by molar-refractivity contribution is 7.99. The van der Waals surface area contributed by atoms with Crippen molar-refractivity contribution in [2.75, 3.05) is 17.7 Å². The van der Waals surface area contributed by atoms with Crippen molar-refractivity contribution in [1.29, 1.82) is 0 Å². The van der Waals surface area contributed by atoms with Gasteiger partial charge in [-0.15, -0.1) is 32.9 Å². The summed E-state index contributed by atoms with van der Waals surface area (Å²) in [5, 5.41) is 15.0. The number of thiophene rings is 2. The maximum absolute atomic E-state index is 12.7. The third-order valence-electron chi connectivity index (χ3n) is 5.69. The smallest absolute Gasteiger partial charge is 0.341 e. The minimum atomic E-state index is -0.414. The SMILES string of the molecule is CCOC(=O)c1cc(CC)sc1NC(=O)CSc1nnc(-c2csc3c2CCC(C)C3)n1C. The number of hydrogen-bond donors (Lipinski definition) is 1. The summed E-state index contributed by atoms with van der Waals surface area (Å²) in [6.07, 6.45) is 4.20. The molecule has 3 heterocycles. The highest BCUT2D eigenvalue weighted by atomic mass is 32.2. The van der Waals surface area contributed by atoms with Crippen molar-refractivity contribution in [3.05, 3.63) is 32.3 Å². The largest absolute Gasteiger partial charge is 0.462 e. The standard InChI is InChI=1S/C23H28N4O3S3/c1-5-14-10-16(22(29)30-6-2)21(33-14)24-19(28)12-32-23-26-25-20(27(23)4)17-11-31-18-9-13(3)7-8-15(17)18/h10-11,13H,5-9,12H2,1-4H3,(H,24,28). The van der Waals surface area contributed by atoms with E-state index in [9.17, 15) is 9.59 Å². The van der Waals surface area contributed by atoms with Crippen LogP contribution in [-0.2, 0) is 35.8 Å². The van der Waals surface area contributed by atoms with Crippen molar-refractivity contribution in [2.24, 2.45) is 13.0 Å². The molecule has 3 aromatic heterocycles. The summed E-state index contributed by atoms with van der Waals surface area (Å²) in [6.45, 7) is 6.38. The molecule has 1 unspecified atom stereocenters. The zero-order valence-electron chi connectivity index (χ0n) is 19.3. The van der Waals surface area contributed by atoms with E-state index in [1.54, 1.807) is 13.0 Å². The molecule has 33 heavy (non-hydrogen) atoms. The predicted molar refractivity (Wildman–Crippen MR) is 135 cm³/mol. The molecule has 0 fully saturated rings. The quantitative estimate of drug-likeness (QED) is 0.335. The number of carbonyl (C=O) groups is 2. The van der Waals surface area contributed by atoms with E-state index in [4.69, 9.17) is 4.74 Å². The second kappa shape index (κ2) is 10.4. The number of aryl methyl sites for hydroxylation is 1. The first-order valence-corrected chi connectivity index (χ1v) is 13.8. The fraction of sp³-hybridized carbons (Fsp3) is 0.478. The van der Waals surface area contributed by atoms with Gasteiger partial charge in [0.2, 0.25) is 5.91 Å². The van der Waals surface area contributed by atoms with Crippen molar-refractivity contribution in [3.63, 3.8) is 0 Å². The van der Waals surface area contributed by atoms with Crippen molar-refractivity contribution < 1.29 is 14.3 Å². The molecule has 176 valence electrons. The van der Waals surface area contributed by atoms with Gasteiger partial charge >= 0.3 is 5.97 Å². The molecule has 0 saturated carbocycles. The third kappa shape index (κ3) is 5.17. The van der Waals surface area contributed by atoms with Crippen LogP contribution in [0.3, 0.4) is 0 Å². The van der Waals surface area contributed by atoms with Crippen molar-refractivity contribution in [3.8, 4) is 11.4 Å².